The summed E-state index contributed by atoms with van der Waals surface area (Å²) < 4.78 is 0. The first kappa shape index (κ1) is 20.1. The number of carbonyl (C=O) groups excluding carboxylic acids is 1. The highest BCUT2D eigenvalue weighted by Gasteiger charge is 2.25. The lowest BCUT2D eigenvalue weighted by molar-refractivity contribution is -0.129. The first-order valence-corrected chi connectivity index (χ1v) is 8.53. The molecule has 0 aliphatic carbocycles. The maximum Gasteiger partial charge on any atom is 0.222 e. The van der Waals surface area contributed by atoms with Gasteiger partial charge in [0.1, 0.15) is 0 Å². The molecule has 2 heterocycles. The molecule has 0 bridgehead atoms. The summed E-state index contributed by atoms with van der Waals surface area (Å²) in [5.74, 6) is 1.00. The van der Waals surface area contributed by atoms with Crippen LogP contribution >= 0.6 is 35.3 Å². The second-order valence-corrected chi connectivity index (χ2v) is 6.78. The van der Waals surface area contributed by atoms with E-state index in [1.807, 2.05) is 25.7 Å². The SMILES string of the molecule is CCC(=O)N1CCC(NC(=NC)NCc2sc(C)nc2C)C1.I. The van der Waals surface area contributed by atoms with Crippen LogP contribution in [-0.4, -0.2) is 47.9 Å². The Morgan fingerprint density at radius 1 is 1.48 bits per heavy atom. The summed E-state index contributed by atoms with van der Waals surface area (Å²) in [6.07, 6.45) is 1.54. The van der Waals surface area contributed by atoms with Crippen LogP contribution in [-0.2, 0) is 11.3 Å². The van der Waals surface area contributed by atoms with E-state index in [0.29, 0.717) is 6.42 Å². The summed E-state index contributed by atoms with van der Waals surface area (Å²) in [5, 5.41) is 7.82. The van der Waals surface area contributed by atoms with Gasteiger partial charge >= 0.3 is 0 Å². The zero-order chi connectivity index (χ0) is 16.1. The number of hydrogen-bond donors (Lipinski definition) is 2. The largest absolute Gasteiger partial charge is 0.352 e. The van der Waals surface area contributed by atoms with Gasteiger partial charge in [0, 0.05) is 37.5 Å². The Hall–Kier alpha value is -0.900. The molecule has 1 fully saturated rings. The summed E-state index contributed by atoms with van der Waals surface area (Å²) in [6.45, 7) is 8.26. The molecule has 6 nitrogen and oxygen atoms in total. The summed E-state index contributed by atoms with van der Waals surface area (Å²) in [4.78, 5) is 23.6. The molecule has 23 heavy (non-hydrogen) atoms. The molecule has 1 aromatic rings. The number of carbonyl (C=O) groups is 1. The molecule has 2 N–H and O–H groups in total. The maximum absolute atomic E-state index is 11.7. The predicted octanol–water partition coefficient (Wildman–Crippen LogP) is 2.05. The van der Waals surface area contributed by atoms with Crippen LogP contribution in [0.25, 0.3) is 0 Å². The molecule has 1 unspecified atom stereocenters. The van der Waals surface area contributed by atoms with Crippen LogP contribution in [0.3, 0.4) is 0 Å². The van der Waals surface area contributed by atoms with Crippen LogP contribution in [0.4, 0.5) is 0 Å². The molecule has 0 aromatic carbocycles. The summed E-state index contributed by atoms with van der Waals surface area (Å²) >= 11 is 1.71. The molecule has 1 aliphatic rings. The Morgan fingerprint density at radius 2 is 2.22 bits per heavy atom. The van der Waals surface area contributed by atoms with E-state index in [1.54, 1.807) is 18.4 Å². The van der Waals surface area contributed by atoms with Crippen LogP contribution in [0, 0.1) is 13.8 Å². The van der Waals surface area contributed by atoms with Gasteiger partial charge in [0.15, 0.2) is 5.96 Å². The van der Waals surface area contributed by atoms with Gasteiger partial charge in [-0.2, -0.15) is 0 Å². The molecule has 8 heteroatoms. The van der Waals surface area contributed by atoms with E-state index in [4.69, 9.17) is 0 Å². The first-order chi connectivity index (χ1) is 10.5. The Bertz CT molecular complexity index is 560. The molecular formula is C15H26IN5OS. The molecule has 1 amide bonds. The van der Waals surface area contributed by atoms with Crippen molar-refractivity contribution in [1.82, 2.24) is 20.5 Å². The van der Waals surface area contributed by atoms with Gasteiger partial charge in [-0.05, 0) is 20.3 Å². The number of aromatic nitrogens is 1. The van der Waals surface area contributed by atoms with Crippen LogP contribution < -0.4 is 10.6 Å². The van der Waals surface area contributed by atoms with Crippen molar-refractivity contribution >= 4 is 47.2 Å². The van der Waals surface area contributed by atoms with Crippen molar-refractivity contribution < 1.29 is 4.79 Å². The van der Waals surface area contributed by atoms with Crippen molar-refractivity contribution in [2.75, 3.05) is 20.1 Å². The second kappa shape index (κ2) is 9.41. The number of hydrogen-bond acceptors (Lipinski definition) is 4. The highest BCUT2D eigenvalue weighted by molar-refractivity contribution is 14.0. The molecule has 1 aliphatic heterocycles. The smallest absolute Gasteiger partial charge is 0.222 e. The summed E-state index contributed by atoms with van der Waals surface area (Å²) in [7, 11) is 1.77. The third kappa shape index (κ3) is 5.59. The maximum atomic E-state index is 11.7. The van der Waals surface area contributed by atoms with Crippen LogP contribution in [0.1, 0.15) is 35.3 Å². The number of halogens is 1. The molecule has 1 saturated heterocycles. The lowest BCUT2D eigenvalue weighted by atomic mass is 10.3. The Labute approximate surface area is 159 Å². The Morgan fingerprint density at radius 3 is 2.78 bits per heavy atom. The summed E-state index contributed by atoms with van der Waals surface area (Å²) in [6, 6.07) is 0.269. The van der Waals surface area contributed by atoms with E-state index in [2.05, 4.69) is 20.6 Å². The number of nitrogens with zero attached hydrogens (tertiary/aromatic N) is 3. The lowest BCUT2D eigenvalue weighted by Gasteiger charge is -2.18. The molecular weight excluding hydrogens is 425 g/mol. The predicted molar refractivity (Wildman–Crippen MR) is 106 cm³/mol. The molecule has 1 aromatic heterocycles. The molecule has 0 spiro atoms. The highest BCUT2D eigenvalue weighted by atomic mass is 127. The zero-order valence-electron chi connectivity index (χ0n) is 14.2. The van der Waals surface area contributed by atoms with Gasteiger partial charge in [0.2, 0.25) is 5.91 Å². The standard InChI is InChI=1S/C15H25N5OS.HI/c1-5-14(21)20-7-6-12(9-20)19-15(16-4)17-8-13-10(2)18-11(3)22-13;/h12H,5-9H2,1-4H3,(H2,16,17,19);1H. The quantitative estimate of drug-likeness (QED) is 0.418. The number of likely N-dealkylation sites (tertiary alicyclic amines) is 1. The zero-order valence-corrected chi connectivity index (χ0v) is 17.3. The number of aryl methyl sites for hydroxylation is 2. The van der Waals surface area contributed by atoms with Crippen LogP contribution in [0.5, 0.6) is 0 Å². The van der Waals surface area contributed by atoms with E-state index >= 15 is 0 Å². The monoisotopic (exact) mass is 451 g/mol. The third-order valence-corrected chi connectivity index (χ3v) is 4.90. The van der Waals surface area contributed by atoms with E-state index < -0.39 is 0 Å². The third-order valence-electron chi connectivity index (χ3n) is 3.82. The van der Waals surface area contributed by atoms with Crippen molar-refractivity contribution in [1.29, 1.82) is 0 Å². The lowest BCUT2D eigenvalue weighted by Crippen LogP contribution is -2.44. The van der Waals surface area contributed by atoms with E-state index in [9.17, 15) is 4.79 Å². The fraction of sp³-hybridized carbons (Fsp3) is 0.667. The van der Waals surface area contributed by atoms with Crippen molar-refractivity contribution in [3.63, 3.8) is 0 Å². The molecule has 0 saturated carbocycles. The van der Waals surface area contributed by atoms with E-state index in [1.165, 1.54) is 4.88 Å². The normalized spacial score (nSPS) is 17.8. The second-order valence-electron chi connectivity index (χ2n) is 5.49. The molecule has 2 rings (SSSR count). The fourth-order valence-corrected chi connectivity index (χ4v) is 3.49. The Balaban J connectivity index is 0.00000264. The number of rotatable bonds is 4. The fourth-order valence-electron chi connectivity index (χ4n) is 2.62. The number of thiazole rings is 1. The summed E-state index contributed by atoms with van der Waals surface area (Å²) in [5.41, 5.74) is 1.08. The average Bonchev–Trinajstić information content (AvgIpc) is 3.09. The van der Waals surface area contributed by atoms with Crippen molar-refractivity contribution in [3.8, 4) is 0 Å². The van der Waals surface area contributed by atoms with E-state index in [-0.39, 0.29) is 35.9 Å². The average molecular weight is 451 g/mol. The van der Waals surface area contributed by atoms with Crippen molar-refractivity contribution in [3.05, 3.63) is 15.6 Å². The van der Waals surface area contributed by atoms with Gasteiger partial charge in [0.05, 0.1) is 17.2 Å². The molecule has 130 valence electrons. The number of guanidine groups is 1. The van der Waals surface area contributed by atoms with Gasteiger partial charge in [-0.1, -0.05) is 6.92 Å². The van der Waals surface area contributed by atoms with Crippen LogP contribution in [0.15, 0.2) is 4.99 Å². The van der Waals surface area contributed by atoms with Gasteiger partial charge in [-0.3, -0.25) is 9.79 Å². The minimum absolute atomic E-state index is 0. The number of nitrogens with one attached hydrogen (secondary N) is 2. The minimum Gasteiger partial charge on any atom is -0.352 e. The van der Waals surface area contributed by atoms with Crippen LogP contribution in [0.2, 0.25) is 0 Å². The Kier molecular flexibility index (Phi) is 8.24. The van der Waals surface area contributed by atoms with E-state index in [0.717, 1.165) is 42.7 Å². The molecule has 1 atom stereocenters. The van der Waals surface area contributed by atoms with Gasteiger partial charge < -0.3 is 15.5 Å². The highest BCUT2D eigenvalue weighted by Crippen LogP contribution is 2.16. The van der Waals surface area contributed by atoms with Gasteiger partial charge in [-0.25, -0.2) is 4.98 Å². The number of amides is 1. The topological polar surface area (TPSA) is 69.6 Å². The first-order valence-electron chi connectivity index (χ1n) is 7.71. The number of aliphatic imine (C=N–C) groups is 1. The van der Waals surface area contributed by atoms with Gasteiger partial charge in [0.25, 0.3) is 0 Å². The van der Waals surface area contributed by atoms with Crippen molar-refractivity contribution in [2.45, 2.75) is 46.2 Å². The minimum atomic E-state index is 0. The van der Waals surface area contributed by atoms with Gasteiger partial charge in [-0.15, -0.1) is 35.3 Å². The van der Waals surface area contributed by atoms with Crippen molar-refractivity contribution in [2.24, 2.45) is 4.99 Å². The molecule has 0 radical (unpaired) electrons.